The van der Waals surface area contributed by atoms with Crippen molar-refractivity contribution >= 4 is 0 Å². The molecule has 0 nitrogen and oxygen atoms in total. The van der Waals surface area contributed by atoms with Crippen LogP contribution in [-0.2, 0) is 0 Å². The van der Waals surface area contributed by atoms with Gasteiger partial charge >= 0.3 is 0 Å². The molecule has 0 heterocycles. The Hall–Kier alpha value is -0.260. The molecule has 0 amide bonds. The lowest BCUT2D eigenvalue weighted by Crippen LogP contribution is -2.03. The van der Waals surface area contributed by atoms with E-state index in [1.54, 1.807) is 0 Å². The molecule has 0 aromatic carbocycles. The highest BCUT2D eigenvalue weighted by molar-refractivity contribution is 4.76. The summed E-state index contributed by atoms with van der Waals surface area (Å²) in [6.45, 7) is 9.12. The Kier molecular flexibility index (Phi) is 8.18. The summed E-state index contributed by atoms with van der Waals surface area (Å²) in [6, 6.07) is 0. The van der Waals surface area contributed by atoms with Gasteiger partial charge in [0.15, 0.2) is 0 Å². The van der Waals surface area contributed by atoms with Gasteiger partial charge in [0.25, 0.3) is 0 Å². The monoisotopic (exact) mass is 182 g/mol. The van der Waals surface area contributed by atoms with Crippen LogP contribution in [0.2, 0.25) is 0 Å². The molecule has 0 rings (SSSR count). The molecule has 0 aromatic heterocycles. The summed E-state index contributed by atoms with van der Waals surface area (Å²) in [5.74, 6) is 1.76. The van der Waals surface area contributed by atoms with Gasteiger partial charge in [0.1, 0.15) is 0 Å². The first kappa shape index (κ1) is 12.7. The molecule has 0 bridgehead atoms. The molecule has 0 saturated carbocycles. The number of hydrogen-bond donors (Lipinski definition) is 0. The molecule has 78 valence electrons. The van der Waals surface area contributed by atoms with Crippen LogP contribution in [0.4, 0.5) is 0 Å². The Bertz CT molecular complexity index is 122. The standard InChI is InChI=1S/C13H26/c1-5-6-7-8-9-10-11-13(4)12(2)3/h5-6,12-13H,7-11H2,1-4H3. The van der Waals surface area contributed by atoms with Gasteiger partial charge in [-0.05, 0) is 31.6 Å². The lowest BCUT2D eigenvalue weighted by atomic mass is 9.92. The molecule has 13 heavy (non-hydrogen) atoms. The fourth-order valence-electron chi connectivity index (χ4n) is 1.41. The van der Waals surface area contributed by atoms with Crippen LogP contribution in [0.3, 0.4) is 0 Å². The zero-order valence-electron chi connectivity index (χ0n) is 9.84. The van der Waals surface area contributed by atoms with Gasteiger partial charge in [0.2, 0.25) is 0 Å². The van der Waals surface area contributed by atoms with Gasteiger partial charge in [-0.3, -0.25) is 0 Å². The number of unbranched alkanes of at least 4 members (excludes halogenated alkanes) is 3. The van der Waals surface area contributed by atoms with Gasteiger partial charge in [-0.1, -0.05) is 52.2 Å². The van der Waals surface area contributed by atoms with Crippen molar-refractivity contribution in [1.29, 1.82) is 0 Å². The minimum absolute atomic E-state index is 0.857. The zero-order valence-corrected chi connectivity index (χ0v) is 9.84. The van der Waals surface area contributed by atoms with Gasteiger partial charge in [0, 0.05) is 0 Å². The summed E-state index contributed by atoms with van der Waals surface area (Å²) in [4.78, 5) is 0. The van der Waals surface area contributed by atoms with E-state index in [9.17, 15) is 0 Å². The van der Waals surface area contributed by atoms with Crippen LogP contribution in [0.5, 0.6) is 0 Å². The third-order valence-electron chi connectivity index (χ3n) is 2.90. The van der Waals surface area contributed by atoms with E-state index in [0.29, 0.717) is 0 Å². The lowest BCUT2D eigenvalue weighted by Gasteiger charge is -2.14. The lowest BCUT2D eigenvalue weighted by molar-refractivity contribution is 0.376. The maximum Gasteiger partial charge on any atom is -0.0351 e. The third-order valence-corrected chi connectivity index (χ3v) is 2.90. The van der Waals surface area contributed by atoms with Crippen molar-refractivity contribution in [1.82, 2.24) is 0 Å². The maximum atomic E-state index is 2.37. The van der Waals surface area contributed by atoms with Crippen molar-refractivity contribution in [2.45, 2.75) is 59.8 Å². The average molecular weight is 182 g/mol. The van der Waals surface area contributed by atoms with E-state index in [1.807, 2.05) is 0 Å². The first-order valence-corrected chi connectivity index (χ1v) is 5.79. The van der Waals surface area contributed by atoms with Crippen molar-refractivity contribution in [3.63, 3.8) is 0 Å². The average Bonchev–Trinajstić information content (AvgIpc) is 2.10. The van der Waals surface area contributed by atoms with Gasteiger partial charge in [0.05, 0.1) is 0 Å². The molecule has 0 aliphatic rings. The van der Waals surface area contributed by atoms with Crippen molar-refractivity contribution < 1.29 is 0 Å². The normalized spacial score (nSPS) is 14.2. The summed E-state index contributed by atoms with van der Waals surface area (Å²) in [5.41, 5.74) is 0. The van der Waals surface area contributed by atoms with Crippen LogP contribution in [0, 0.1) is 11.8 Å². The fourth-order valence-corrected chi connectivity index (χ4v) is 1.41. The highest BCUT2D eigenvalue weighted by atomic mass is 14.1. The van der Waals surface area contributed by atoms with Crippen molar-refractivity contribution in [2.75, 3.05) is 0 Å². The molecule has 1 atom stereocenters. The number of allylic oxidation sites excluding steroid dienone is 2. The molecule has 0 aliphatic carbocycles. The molecular formula is C13H26. The van der Waals surface area contributed by atoms with E-state index in [1.165, 1.54) is 32.1 Å². The van der Waals surface area contributed by atoms with Crippen LogP contribution < -0.4 is 0 Å². The van der Waals surface area contributed by atoms with Crippen molar-refractivity contribution in [3.05, 3.63) is 12.2 Å². The first-order valence-electron chi connectivity index (χ1n) is 5.79. The summed E-state index contributed by atoms with van der Waals surface area (Å²) < 4.78 is 0. The Morgan fingerprint density at radius 1 is 1.00 bits per heavy atom. The van der Waals surface area contributed by atoms with Gasteiger partial charge < -0.3 is 0 Å². The highest BCUT2D eigenvalue weighted by Crippen LogP contribution is 2.17. The van der Waals surface area contributed by atoms with Crippen molar-refractivity contribution in [3.8, 4) is 0 Å². The summed E-state index contributed by atoms with van der Waals surface area (Å²) >= 11 is 0. The predicted octanol–water partition coefficient (Wildman–Crippen LogP) is 4.81. The van der Waals surface area contributed by atoms with E-state index in [2.05, 4.69) is 39.8 Å². The maximum absolute atomic E-state index is 2.37. The van der Waals surface area contributed by atoms with Crippen LogP contribution in [-0.4, -0.2) is 0 Å². The summed E-state index contributed by atoms with van der Waals surface area (Å²) in [5, 5.41) is 0. The van der Waals surface area contributed by atoms with Crippen LogP contribution in [0.1, 0.15) is 59.8 Å². The molecular weight excluding hydrogens is 156 g/mol. The SMILES string of the molecule is CC=CCCCCCC(C)C(C)C. The Balaban J connectivity index is 3.16. The molecule has 0 aromatic rings. The minimum Gasteiger partial charge on any atom is -0.0917 e. The van der Waals surface area contributed by atoms with E-state index < -0.39 is 0 Å². The Morgan fingerprint density at radius 3 is 2.23 bits per heavy atom. The third kappa shape index (κ3) is 8.08. The second-order valence-corrected chi connectivity index (χ2v) is 4.43. The molecule has 0 spiro atoms. The van der Waals surface area contributed by atoms with Crippen LogP contribution in [0.15, 0.2) is 12.2 Å². The fraction of sp³-hybridized carbons (Fsp3) is 0.846. The number of hydrogen-bond acceptors (Lipinski definition) is 0. The van der Waals surface area contributed by atoms with Gasteiger partial charge in [-0.2, -0.15) is 0 Å². The van der Waals surface area contributed by atoms with Gasteiger partial charge in [-0.15, -0.1) is 0 Å². The molecule has 1 unspecified atom stereocenters. The quantitative estimate of drug-likeness (QED) is 0.392. The Labute approximate surface area is 84.4 Å². The van der Waals surface area contributed by atoms with E-state index in [0.717, 1.165) is 11.8 Å². The summed E-state index contributed by atoms with van der Waals surface area (Å²) in [7, 11) is 0. The molecule has 0 radical (unpaired) electrons. The minimum atomic E-state index is 0.857. The van der Waals surface area contributed by atoms with E-state index >= 15 is 0 Å². The van der Waals surface area contributed by atoms with Crippen LogP contribution in [0.25, 0.3) is 0 Å². The topological polar surface area (TPSA) is 0 Å². The Morgan fingerprint density at radius 2 is 1.69 bits per heavy atom. The molecule has 0 aliphatic heterocycles. The van der Waals surface area contributed by atoms with E-state index in [4.69, 9.17) is 0 Å². The van der Waals surface area contributed by atoms with Crippen molar-refractivity contribution in [2.24, 2.45) is 11.8 Å². The first-order chi connectivity index (χ1) is 6.18. The number of rotatable bonds is 7. The smallest absolute Gasteiger partial charge is 0.0351 e. The highest BCUT2D eigenvalue weighted by Gasteiger charge is 2.05. The molecule has 0 fully saturated rings. The van der Waals surface area contributed by atoms with E-state index in [-0.39, 0.29) is 0 Å². The second-order valence-electron chi connectivity index (χ2n) is 4.43. The molecule has 0 N–H and O–H groups in total. The van der Waals surface area contributed by atoms with Gasteiger partial charge in [-0.25, -0.2) is 0 Å². The predicted molar refractivity (Wildman–Crippen MR) is 61.9 cm³/mol. The summed E-state index contributed by atoms with van der Waals surface area (Å²) in [6.07, 6.45) is 11.3. The van der Waals surface area contributed by atoms with Crippen LogP contribution >= 0.6 is 0 Å². The molecule has 0 heteroatoms. The zero-order chi connectivity index (χ0) is 10.1. The molecule has 0 saturated heterocycles. The largest absolute Gasteiger partial charge is 0.0917 e. The second kappa shape index (κ2) is 8.34.